The maximum Gasteiger partial charge on any atom is 0.306 e. The van der Waals surface area contributed by atoms with Crippen LogP contribution in [0.15, 0.2) is 18.2 Å². The third-order valence-electron chi connectivity index (χ3n) is 3.80. The van der Waals surface area contributed by atoms with E-state index in [0.29, 0.717) is 23.6 Å². The second-order valence-electron chi connectivity index (χ2n) is 5.75. The minimum Gasteiger partial charge on any atom is -0.456 e. The van der Waals surface area contributed by atoms with Crippen LogP contribution in [0.2, 0.25) is 0 Å². The molecule has 2 aliphatic rings. The maximum absolute atomic E-state index is 11.8. The fourth-order valence-corrected chi connectivity index (χ4v) is 4.51. The van der Waals surface area contributed by atoms with Crippen molar-refractivity contribution in [1.29, 1.82) is 0 Å². The highest BCUT2D eigenvalue weighted by Gasteiger charge is 2.30. The lowest BCUT2D eigenvalue weighted by Crippen LogP contribution is -2.22. The quantitative estimate of drug-likeness (QED) is 0.775. The monoisotopic (exact) mass is 355 g/mol. The molecule has 130 valence electrons. The molecule has 0 aromatic heterocycles. The van der Waals surface area contributed by atoms with E-state index < -0.39 is 28.3 Å². The topological polar surface area (TPSA) is 108 Å². The van der Waals surface area contributed by atoms with Gasteiger partial charge in [0.15, 0.2) is 27.9 Å². The highest BCUT2D eigenvalue weighted by molar-refractivity contribution is 7.91. The molecule has 8 nitrogen and oxygen atoms in total. The first-order valence-electron chi connectivity index (χ1n) is 7.47. The molecule has 1 fully saturated rings. The van der Waals surface area contributed by atoms with Crippen molar-refractivity contribution in [2.45, 2.75) is 12.8 Å². The Hall–Kier alpha value is -2.29. The van der Waals surface area contributed by atoms with Gasteiger partial charge in [-0.1, -0.05) is 0 Å². The smallest absolute Gasteiger partial charge is 0.306 e. The lowest BCUT2D eigenvalue weighted by Gasteiger charge is -2.09. The Bertz CT molecular complexity index is 759. The number of fused-ring (bicyclic) bond motifs is 1. The van der Waals surface area contributed by atoms with Crippen molar-refractivity contribution in [3.63, 3.8) is 0 Å². The summed E-state index contributed by atoms with van der Waals surface area (Å²) < 4.78 is 37.9. The molecule has 1 saturated heterocycles. The molecule has 2 aliphatic heterocycles. The lowest BCUT2D eigenvalue weighted by molar-refractivity contribution is -0.148. The van der Waals surface area contributed by atoms with Gasteiger partial charge < -0.3 is 19.5 Å². The SMILES string of the molecule is O=C(COC(=O)C[C@H]1CCS(=O)(=O)C1)Nc1ccc2c(c1)OCO2. The first kappa shape index (κ1) is 16.6. The van der Waals surface area contributed by atoms with Gasteiger partial charge in [0.2, 0.25) is 6.79 Å². The van der Waals surface area contributed by atoms with Crippen LogP contribution in [0.4, 0.5) is 5.69 Å². The number of ether oxygens (including phenoxy) is 3. The molecular formula is C15H17NO7S. The highest BCUT2D eigenvalue weighted by Crippen LogP contribution is 2.34. The number of amides is 1. The van der Waals surface area contributed by atoms with Gasteiger partial charge in [0.05, 0.1) is 11.5 Å². The summed E-state index contributed by atoms with van der Waals surface area (Å²) in [7, 11) is -3.03. The molecule has 0 unspecified atom stereocenters. The Morgan fingerprint density at radius 2 is 2.04 bits per heavy atom. The number of benzene rings is 1. The Balaban J connectivity index is 1.43. The zero-order chi connectivity index (χ0) is 17.2. The van der Waals surface area contributed by atoms with E-state index in [0.717, 1.165) is 0 Å². The predicted octanol–water partition coefficient (Wildman–Crippen LogP) is 0.722. The largest absolute Gasteiger partial charge is 0.456 e. The summed E-state index contributed by atoms with van der Waals surface area (Å²) in [6, 6.07) is 4.94. The molecule has 1 aromatic rings. The van der Waals surface area contributed by atoms with Crippen LogP contribution in [0.3, 0.4) is 0 Å². The predicted molar refractivity (Wildman–Crippen MR) is 83.5 cm³/mol. The van der Waals surface area contributed by atoms with Crippen molar-refractivity contribution in [3.8, 4) is 11.5 Å². The van der Waals surface area contributed by atoms with Gasteiger partial charge in [0, 0.05) is 18.2 Å². The Morgan fingerprint density at radius 1 is 1.25 bits per heavy atom. The van der Waals surface area contributed by atoms with E-state index in [4.69, 9.17) is 14.2 Å². The number of sulfone groups is 1. The van der Waals surface area contributed by atoms with Gasteiger partial charge in [-0.3, -0.25) is 9.59 Å². The molecule has 3 rings (SSSR count). The molecule has 0 aliphatic carbocycles. The number of nitrogens with one attached hydrogen (secondary N) is 1. The molecule has 0 saturated carbocycles. The van der Waals surface area contributed by atoms with Crippen molar-refractivity contribution >= 4 is 27.4 Å². The summed E-state index contributed by atoms with van der Waals surface area (Å²) in [5.74, 6) is -0.0297. The molecule has 0 bridgehead atoms. The number of hydrogen-bond donors (Lipinski definition) is 1. The molecule has 1 amide bonds. The Labute approximate surface area is 139 Å². The molecule has 1 atom stereocenters. The van der Waals surface area contributed by atoms with Crippen LogP contribution in [-0.2, 0) is 24.2 Å². The van der Waals surface area contributed by atoms with Crippen LogP contribution in [0.5, 0.6) is 11.5 Å². The minimum atomic E-state index is -3.03. The van der Waals surface area contributed by atoms with Gasteiger partial charge in [-0.2, -0.15) is 0 Å². The highest BCUT2D eigenvalue weighted by atomic mass is 32.2. The van der Waals surface area contributed by atoms with Gasteiger partial charge in [0.25, 0.3) is 5.91 Å². The fourth-order valence-electron chi connectivity index (χ4n) is 2.65. The maximum atomic E-state index is 11.8. The molecule has 1 N–H and O–H groups in total. The molecule has 0 radical (unpaired) electrons. The number of esters is 1. The molecule has 9 heteroatoms. The van der Waals surface area contributed by atoms with E-state index in [2.05, 4.69) is 5.32 Å². The fraction of sp³-hybridized carbons (Fsp3) is 0.467. The third kappa shape index (κ3) is 4.16. The summed E-state index contributed by atoms with van der Waals surface area (Å²) in [6.07, 6.45) is 0.470. The van der Waals surface area contributed by atoms with Crippen molar-refractivity contribution in [3.05, 3.63) is 18.2 Å². The summed E-state index contributed by atoms with van der Waals surface area (Å²) in [4.78, 5) is 23.5. The van der Waals surface area contributed by atoms with E-state index in [1.807, 2.05) is 0 Å². The number of rotatable bonds is 5. The summed E-state index contributed by atoms with van der Waals surface area (Å²) in [5, 5.41) is 2.59. The molecule has 0 spiro atoms. The summed E-state index contributed by atoms with van der Waals surface area (Å²) in [6.45, 7) is -0.284. The molecule has 2 heterocycles. The van der Waals surface area contributed by atoms with E-state index in [-0.39, 0.29) is 30.6 Å². The average molecular weight is 355 g/mol. The first-order valence-corrected chi connectivity index (χ1v) is 9.29. The van der Waals surface area contributed by atoms with E-state index in [9.17, 15) is 18.0 Å². The second-order valence-corrected chi connectivity index (χ2v) is 7.98. The van der Waals surface area contributed by atoms with Gasteiger partial charge in [-0.15, -0.1) is 0 Å². The number of anilines is 1. The van der Waals surface area contributed by atoms with Crippen LogP contribution in [0, 0.1) is 5.92 Å². The van der Waals surface area contributed by atoms with Crippen molar-refractivity contribution in [2.24, 2.45) is 5.92 Å². The summed E-state index contributed by atoms with van der Waals surface area (Å²) in [5.41, 5.74) is 0.502. The zero-order valence-corrected chi connectivity index (χ0v) is 13.6. The van der Waals surface area contributed by atoms with Crippen LogP contribution < -0.4 is 14.8 Å². The van der Waals surface area contributed by atoms with Crippen LogP contribution >= 0.6 is 0 Å². The molecule has 24 heavy (non-hydrogen) atoms. The van der Waals surface area contributed by atoms with E-state index >= 15 is 0 Å². The van der Waals surface area contributed by atoms with E-state index in [1.165, 1.54) is 0 Å². The van der Waals surface area contributed by atoms with Crippen LogP contribution in [-0.4, -0.2) is 45.2 Å². The van der Waals surface area contributed by atoms with Crippen molar-refractivity contribution in [1.82, 2.24) is 0 Å². The number of carbonyl (C=O) groups is 2. The van der Waals surface area contributed by atoms with Gasteiger partial charge >= 0.3 is 5.97 Å². The van der Waals surface area contributed by atoms with Gasteiger partial charge in [0.1, 0.15) is 0 Å². The lowest BCUT2D eigenvalue weighted by atomic mass is 10.1. The van der Waals surface area contributed by atoms with Gasteiger partial charge in [-0.25, -0.2) is 8.42 Å². The molecule has 1 aromatic carbocycles. The summed E-state index contributed by atoms with van der Waals surface area (Å²) >= 11 is 0. The first-order chi connectivity index (χ1) is 11.4. The van der Waals surface area contributed by atoms with Crippen molar-refractivity contribution in [2.75, 3.05) is 30.2 Å². The third-order valence-corrected chi connectivity index (χ3v) is 5.64. The van der Waals surface area contributed by atoms with Crippen molar-refractivity contribution < 1.29 is 32.2 Å². The Morgan fingerprint density at radius 3 is 2.79 bits per heavy atom. The minimum absolute atomic E-state index is 0.00545. The van der Waals surface area contributed by atoms with E-state index in [1.54, 1.807) is 18.2 Å². The normalized spacial score (nSPS) is 20.6. The molecular weight excluding hydrogens is 338 g/mol. The van der Waals surface area contributed by atoms with Crippen LogP contribution in [0.1, 0.15) is 12.8 Å². The Kier molecular flexibility index (Phi) is 4.61. The second kappa shape index (κ2) is 6.68. The zero-order valence-electron chi connectivity index (χ0n) is 12.8. The number of carbonyl (C=O) groups excluding carboxylic acids is 2. The standard InChI is InChI=1S/C15H17NO7S/c17-14(16-11-1-2-12-13(6-11)23-9-22-12)7-21-15(18)5-10-3-4-24(19,20)8-10/h1-2,6,10H,3-5,7-9H2,(H,16,17)/t10-/m1/s1. The average Bonchev–Trinajstić information content (AvgIpc) is 3.11. The number of hydrogen-bond acceptors (Lipinski definition) is 7. The van der Waals surface area contributed by atoms with Crippen LogP contribution in [0.25, 0.3) is 0 Å². The van der Waals surface area contributed by atoms with Gasteiger partial charge in [-0.05, 0) is 24.5 Å².